The largest absolute Gasteiger partial charge is 0.384 e. The second-order valence-corrected chi connectivity index (χ2v) is 5.27. The molecule has 0 aromatic carbocycles. The number of fused-ring (bicyclic) bond motifs is 1. The van der Waals surface area contributed by atoms with Crippen LogP contribution < -0.4 is 16.2 Å². The van der Waals surface area contributed by atoms with Crippen molar-refractivity contribution in [1.29, 1.82) is 0 Å². The zero-order valence-electron chi connectivity index (χ0n) is 13.0. The van der Waals surface area contributed by atoms with E-state index >= 15 is 0 Å². The molecule has 0 saturated carbocycles. The Morgan fingerprint density at radius 3 is 2.82 bits per heavy atom. The number of nitrogens with two attached hydrogens (primary N) is 1. The molecule has 3 heterocycles. The van der Waals surface area contributed by atoms with Crippen LogP contribution in [0.2, 0.25) is 0 Å². The first kappa shape index (κ1) is 15.0. The molecule has 1 saturated heterocycles. The minimum absolute atomic E-state index is 0.631. The Hall–Kier alpha value is -1.90. The van der Waals surface area contributed by atoms with Gasteiger partial charge in [0.05, 0.1) is 25.5 Å². The number of hydrogen-bond acceptors (Lipinski definition) is 7. The number of methoxy groups -OCH3 is 1. The van der Waals surface area contributed by atoms with E-state index < -0.39 is 0 Å². The van der Waals surface area contributed by atoms with E-state index in [9.17, 15) is 0 Å². The molecule has 3 N–H and O–H groups in total. The molecule has 0 unspecified atom stereocenters. The van der Waals surface area contributed by atoms with E-state index in [0.29, 0.717) is 12.4 Å². The number of rotatable bonds is 5. The first-order valence-corrected chi connectivity index (χ1v) is 7.39. The number of hydrazine groups is 1. The highest BCUT2D eigenvalue weighted by molar-refractivity contribution is 5.89. The van der Waals surface area contributed by atoms with Crippen LogP contribution in [0.4, 0.5) is 11.5 Å². The molecular weight excluding hydrogens is 284 g/mol. The molecule has 1 aliphatic rings. The van der Waals surface area contributed by atoms with Gasteiger partial charge in [-0.1, -0.05) is 0 Å². The zero-order valence-corrected chi connectivity index (χ0v) is 13.0. The minimum Gasteiger partial charge on any atom is -0.384 e. The normalized spacial score (nSPS) is 15.5. The Kier molecular flexibility index (Phi) is 4.41. The number of nitrogens with zero attached hydrogens (tertiary/aromatic N) is 4. The Morgan fingerprint density at radius 1 is 1.36 bits per heavy atom. The average Bonchev–Trinajstić information content (AvgIpc) is 2.89. The fraction of sp³-hybridized carbons (Fsp3) is 0.571. The smallest absolute Gasteiger partial charge is 0.164 e. The summed E-state index contributed by atoms with van der Waals surface area (Å²) in [5.41, 5.74) is 5.41. The number of hydrogen-bond donors (Lipinski definition) is 2. The van der Waals surface area contributed by atoms with Crippen LogP contribution in [0.3, 0.4) is 0 Å². The summed E-state index contributed by atoms with van der Waals surface area (Å²) in [6, 6.07) is 1.95. The fourth-order valence-electron chi connectivity index (χ4n) is 2.72. The van der Waals surface area contributed by atoms with Crippen LogP contribution in [0.1, 0.15) is 5.82 Å². The number of aromatic nitrogens is 3. The van der Waals surface area contributed by atoms with Crippen molar-refractivity contribution in [3.63, 3.8) is 0 Å². The number of nitrogen functional groups attached to an aromatic ring is 1. The summed E-state index contributed by atoms with van der Waals surface area (Å²) in [5, 5.41) is 0. The Labute approximate surface area is 129 Å². The topological polar surface area (TPSA) is 90.5 Å². The summed E-state index contributed by atoms with van der Waals surface area (Å²) in [6.45, 7) is 3.75. The second-order valence-electron chi connectivity index (χ2n) is 5.27. The summed E-state index contributed by atoms with van der Waals surface area (Å²) in [4.78, 5) is 11.6. The number of morpholine rings is 1. The third-order valence-electron chi connectivity index (χ3n) is 3.93. The van der Waals surface area contributed by atoms with E-state index in [2.05, 4.69) is 15.3 Å². The predicted octanol–water partition coefficient (Wildman–Crippen LogP) is 0.279. The van der Waals surface area contributed by atoms with Gasteiger partial charge in [0.15, 0.2) is 5.65 Å². The number of pyridine rings is 1. The van der Waals surface area contributed by atoms with Gasteiger partial charge in [-0.15, -0.1) is 0 Å². The van der Waals surface area contributed by atoms with Gasteiger partial charge in [-0.3, -0.25) is 0 Å². The Balaban J connectivity index is 2.08. The maximum atomic E-state index is 5.57. The molecule has 120 valence electrons. The molecule has 2 aromatic heterocycles. The standard InChI is InChI=1S/C14H22N6O2/c1-19-12(3-6-21-2)17-13-10(20-4-7-22-8-5-20)9-11(18-15)16-14(13)19/h9H,3-8,15H2,1-2H3,(H,16,18). The Bertz CT molecular complexity index is 650. The van der Waals surface area contributed by atoms with Crippen LogP contribution in [0.25, 0.3) is 11.2 Å². The molecule has 3 rings (SSSR count). The molecule has 0 amide bonds. The van der Waals surface area contributed by atoms with Gasteiger partial charge >= 0.3 is 0 Å². The first-order valence-electron chi connectivity index (χ1n) is 7.39. The summed E-state index contributed by atoms with van der Waals surface area (Å²) in [5.74, 6) is 7.16. The lowest BCUT2D eigenvalue weighted by Gasteiger charge is -2.29. The lowest BCUT2D eigenvalue weighted by Crippen LogP contribution is -2.36. The molecule has 1 aliphatic heterocycles. The zero-order chi connectivity index (χ0) is 15.5. The molecule has 0 aliphatic carbocycles. The molecular formula is C14H22N6O2. The van der Waals surface area contributed by atoms with Crippen LogP contribution >= 0.6 is 0 Å². The van der Waals surface area contributed by atoms with E-state index in [1.807, 2.05) is 17.7 Å². The molecule has 2 aromatic rings. The van der Waals surface area contributed by atoms with E-state index in [4.69, 9.17) is 20.3 Å². The highest BCUT2D eigenvalue weighted by Gasteiger charge is 2.20. The quantitative estimate of drug-likeness (QED) is 0.605. The van der Waals surface area contributed by atoms with E-state index in [1.54, 1.807) is 7.11 Å². The van der Waals surface area contributed by atoms with Gasteiger partial charge in [0.2, 0.25) is 0 Å². The number of aryl methyl sites for hydroxylation is 1. The van der Waals surface area contributed by atoms with Crippen molar-refractivity contribution < 1.29 is 9.47 Å². The van der Waals surface area contributed by atoms with Crippen LogP contribution in [0, 0.1) is 0 Å². The third-order valence-corrected chi connectivity index (χ3v) is 3.93. The van der Waals surface area contributed by atoms with Gasteiger partial charge in [0.25, 0.3) is 0 Å². The van der Waals surface area contributed by atoms with Crippen molar-refractivity contribution in [1.82, 2.24) is 14.5 Å². The predicted molar refractivity (Wildman–Crippen MR) is 84.9 cm³/mol. The molecule has 22 heavy (non-hydrogen) atoms. The summed E-state index contributed by atoms with van der Waals surface area (Å²) >= 11 is 0. The van der Waals surface area contributed by atoms with Crippen LogP contribution in [-0.2, 0) is 22.9 Å². The Morgan fingerprint density at radius 2 is 2.14 bits per heavy atom. The molecule has 8 heteroatoms. The summed E-state index contributed by atoms with van der Waals surface area (Å²) in [6.07, 6.45) is 0.747. The van der Waals surface area contributed by atoms with E-state index in [-0.39, 0.29) is 0 Å². The van der Waals surface area contributed by atoms with Crippen molar-refractivity contribution in [2.75, 3.05) is 50.3 Å². The van der Waals surface area contributed by atoms with E-state index in [0.717, 1.165) is 55.4 Å². The monoisotopic (exact) mass is 306 g/mol. The van der Waals surface area contributed by atoms with Crippen LogP contribution in [0.5, 0.6) is 0 Å². The first-order chi connectivity index (χ1) is 10.7. The molecule has 0 bridgehead atoms. The maximum Gasteiger partial charge on any atom is 0.164 e. The molecule has 0 radical (unpaired) electrons. The summed E-state index contributed by atoms with van der Waals surface area (Å²) in [7, 11) is 3.66. The molecule has 8 nitrogen and oxygen atoms in total. The maximum absolute atomic E-state index is 5.57. The van der Waals surface area contributed by atoms with Gasteiger partial charge in [0, 0.05) is 39.7 Å². The van der Waals surface area contributed by atoms with Crippen molar-refractivity contribution in [2.24, 2.45) is 12.9 Å². The van der Waals surface area contributed by atoms with Crippen LogP contribution in [-0.4, -0.2) is 54.6 Å². The molecule has 1 fully saturated rings. The van der Waals surface area contributed by atoms with Gasteiger partial charge in [0.1, 0.15) is 17.2 Å². The van der Waals surface area contributed by atoms with Gasteiger partial charge in [-0.25, -0.2) is 15.8 Å². The van der Waals surface area contributed by atoms with Crippen molar-refractivity contribution in [3.05, 3.63) is 11.9 Å². The second kappa shape index (κ2) is 6.47. The third kappa shape index (κ3) is 2.72. The van der Waals surface area contributed by atoms with Gasteiger partial charge in [-0.2, -0.15) is 0 Å². The van der Waals surface area contributed by atoms with Crippen molar-refractivity contribution in [3.8, 4) is 0 Å². The van der Waals surface area contributed by atoms with Crippen LogP contribution in [0.15, 0.2) is 6.07 Å². The van der Waals surface area contributed by atoms with Gasteiger partial charge in [-0.05, 0) is 0 Å². The molecule has 0 atom stereocenters. The number of nitrogens with one attached hydrogen (secondary N) is 1. The number of anilines is 2. The fourth-order valence-corrected chi connectivity index (χ4v) is 2.72. The average molecular weight is 306 g/mol. The highest BCUT2D eigenvalue weighted by Crippen LogP contribution is 2.29. The lowest BCUT2D eigenvalue weighted by molar-refractivity contribution is 0.123. The SMILES string of the molecule is COCCc1nc2c(N3CCOCC3)cc(NN)nc2n1C. The van der Waals surface area contributed by atoms with Gasteiger partial charge < -0.3 is 24.4 Å². The van der Waals surface area contributed by atoms with Crippen molar-refractivity contribution in [2.45, 2.75) is 6.42 Å². The van der Waals surface area contributed by atoms with Crippen molar-refractivity contribution >= 4 is 22.7 Å². The minimum atomic E-state index is 0.631. The number of ether oxygens (including phenoxy) is 2. The number of imidazole rings is 1. The lowest BCUT2D eigenvalue weighted by atomic mass is 10.3. The molecule has 0 spiro atoms. The highest BCUT2D eigenvalue weighted by atomic mass is 16.5. The van der Waals surface area contributed by atoms with E-state index in [1.165, 1.54) is 0 Å². The summed E-state index contributed by atoms with van der Waals surface area (Å²) < 4.78 is 12.6.